The Labute approximate surface area is 184 Å². The third kappa shape index (κ3) is 4.74. The van der Waals surface area contributed by atoms with Gasteiger partial charge in [-0.2, -0.15) is 8.42 Å². The van der Waals surface area contributed by atoms with Crippen molar-refractivity contribution in [3.05, 3.63) is 35.8 Å². The van der Waals surface area contributed by atoms with E-state index in [-0.39, 0.29) is 29.7 Å². The molecule has 2 atom stereocenters. The molecule has 2 N–H and O–H groups in total. The largest absolute Gasteiger partial charge is 0.373 e. The molecule has 2 unspecified atom stereocenters. The van der Waals surface area contributed by atoms with Crippen molar-refractivity contribution < 1.29 is 27.6 Å². The van der Waals surface area contributed by atoms with Gasteiger partial charge in [0.15, 0.2) is 10.7 Å². The molecule has 10 nitrogen and oxygen atoms in total. The van der Waals surface area contributed by atoms with E-state index in [1.165, 1.54) is 22.9 Å². The standard InChI is InChI=1S/C17H21ClN4O6S2/c1-11(23)21-14(16(24)22(17(21)29)12-6-2-3-7-19-12)13-15(18)28-10-20(13)8-4-5-9-30(25,26)27/h2-3,6-7,11,15,23H,4-5,8-10H2,1H3,(H,25,26,27). The molecule has 30 heavy (non-hydrogen) atoms. The van der Waals surface area contributed by atoms with Crippen LogP contribution in [0.2, 0.25) is 0 Å². The number of thiocarbonyl (C=S) groups is 1. The van der Waals surface area contributed by atoms with E-state index in [1.807, 2.05) is 0 Å². The minimum Gasteiger partial charge on any atom is -0.373 e. The predicted octanol–water partition coefficient (Wildman–Crippen LogP) is 1.09. The fourth-order valence-corrected chi connectivity index (χ4v) is 4.53. The minimum atomic E-state index is -4.05. The topological polar surface area (TPSA) is 124 Å². The van der Waals surface area contributed by atoms with Crippen LogP contribution in [0.4, 0.5) is 5.82 Å². The van der Waals surface area contributed by atoms with Crippen molar-refractivity contribution in [2.24, 2.45) is 0 Å². The predicted molar refractivity (Wildman–Crippen MR) is 113 cm³/mol. The Morgan fingerprint density at radius 1 is 1.40 bits per heavy atom. The molecule has 13 heteroatoms. The van der Waals surface area contributed by atoms with Gasteiger partial charge >= 0.3 is 0 Å². The van der Waals surface area contributed by atoms with Crippen LogP contribution in [-0.2, 0) is 19.6 Å². The van der Waals surface area contributed by atoms with Crippen molar-refractivity contribution in [2.75, 3.05) is 23.9 Å². The summed E-state index contributed by atoms with van der Waals surface area (Å²) in [5.41, 5.74) is -0.554. The number of anilines is 1. The highest BCUT2D eigenvalue weighted by molar-refractivity contribution is 7.85. The number of amides is 1. The summed E-state index contributed by atoms with van der Waals surface area (Å²) in [5, 5.41) is 10.4. The van der Waals surface area contributed by atoms with Crippen LogP contribution >= 0.6 is 23.8 Å². The Hall–Kier alpha value is -1.83. The Balaban J connectivity index is 1.93. The van der Waals surface area contributed by atoms with E-state index < -0.39 is 27.8 Å². The smallest absolute Gasteiger partial charge is 0.284 e. The highest BCUT2D eigenvalue weighted by Crippen LogP contribution is 2.36. The lowest BCUT2D eigenvalue weighted by Crippen LogP contribution is -2.38. The number of rotatable bonds is 7. The Morgan fingerprint density at radius 3 is 2.73 bits per heavy atom. The number of hydrogen-bond donors (Lipinski definition) is 2. The van der Waals surface area contributed by atoms with Crippen LogP contribution in [0, 0.1) is 0 Å². The zero-order valence-electron chi connectivity index (χ0n) is 16.0. The van der Waals surface area contributed by atoms with Gasteiger partial charge in [0.1, 0.15) is 24.5 Å². The molecular weight excluding hydrogens is 456 g/mol. The van der Waals surface area contributed by atoms with E-state index in [0.29, 0.717) is 24.5 Å². The zero-order chi connectivity index (χ0) is 22.1. The SMILES string of the molecule is CC(O)N1C(=S)N(c2ccccn2)C(=O)C1=C1C(Cl)OCN1CCCCS(=O)(=O)O. The van der Waals surface area contributed by atoms with Gasteiger partial charge in [0.2, 0.25) is 0 Å². The van der Waals surface area contributed by atoms with Crippen LogP contribution in [-0.4, -0.2) is 74.7 Å². The first-order valence-corrected chi connectivity index (χ1v) is 11.5. The lowest BCUT2D eigenvalue weighted by Gasteiger charge is -2.26. The lowest BCUT2D eigenvalue weighted by molar-refractivity contribution is -0.115. The van der Waals surface area contributed by atoms with Crippen molar-refractivity contribution >= 4 is 50.8 Å². The van der Waals surface area contributed by atoms with Gasteiger partial charge in [-0.3, -0.25) is 14.2 Å². The van der Waals surface area contributed by atoms with Crippen LogP contribution in [0.3, 0.4) is 0 Å². The van der Waals surface area contributed by atoms with E-state index in [0.717, 1.165) is 0 Å². The molecule has 0 aromatic carbocycles. The zero-order valence-corrected chi connectivity index (χ0v) is 18.4. The molecule has 0 bridgehead atoms. The summed E-state index contributed by atoms with van der Waals surface area (Å²) in [4.78, 5) is 21.7. The van der Waals surface area contributed by atoms with Crippen LogP contribution in [0.1, 0.15) is 19.8 Å². The van der Waals surface area contributed by atoms with Crippen molar-refractivity contribution in [1.29, 1.82) is 0 Å². The van der Waals surface area contributed by atoms with Gasteiger partial charge in [-0.1, -0.05) is 17.7 Å². The fraction of sp³-hybridized carbons (Fsp3) is 0.471. The average molecular weight is 477 g/mol. The fourth-order valence-electron chi connectivity index (χ4n) is 3.24. The molecule has 0 radical (unpaired) electrons. The summed E-state index contributed by atoms with van der Waals surface area (Å²) in [6.07, 6.45) is 1.02. The molecule has 2 aliphatic rings. The maximum Gasteiger partial charge on any atom is 0.284 e. The summed E-state index contributed by atoms with van der Waals surface area (Å²) in [7, 11) is -4.05. The third-order valence-electron chi connectivity index (χ3n) is 4.55. The molecule has 1 amide bonds. The maximum absolute atomic E-state index is 13.3. The van der Waals surface area contributed by atoms with E-state index in [2.05, 4.69) is 4.98 Å². The van der Waals surface area contributed by atoms with Crippen molar-refractivity contribution in [3.63, 3.8) is 0 Å². The Kier molecular flexibility index (Phi) is 6.95. The highest BCUT2D eigenvalue weighted by atomic mass is 35.5. The minimum absolute atomic E-state index is 0.0540. The summed E-state index contributed by atoms with van der Waals surface area (Å²) < 4.78 is 36.1. The molecule has 164 valence electrons. The van der Waals surface area contributed by atoms with Gasteiger partial charge in [0.05, 0.1) is 11.4 Å². The van der Waals surface area contributed by atoms with E-state index in [1.54, 1.807) is 23.1 Å². The van der Waals surface area contributed by atoms with Gasteiger partial charge < -0.3 is 14.7 Å². The van der Waals surface area contributed by atoms with Crippen molar-refractivity contribution in [1.82, 2.24) is 14.8 Å². The average Bonchev–Trinajstić information content (AvgIpc) is 3.15. The van der Waals surface area contributed by atoms with Crippen molar-refractivity contribution in [3.8, 4) is 0 Å². The van der Waals surface area contributed by atoms with Gasteiger partial charge in [-0.25, -0.2) is 9.88 Å². The van der Waals surface area contributed by atoms with Gasteiger partial charge in [-0.05, 0) is 44.1 Å². The molecule has 0 aliphatic carbocycles. The van der Waals surface area contributed by atoms with Gasteiger partial charge in [0, 0.05) is 12.7 Å². The summed E-state index contributed by atoms with van der Waals surface area (Å²) in [6.45, 7) is 1.88. The van der Waals surface area contributed by atoms with Gasteiger partial charge in [-0.15, -0.1) is 0 Å². The first-order chi connectivity index (χ1) is 14.1. The molecule has 3 heterocycles. The molecule has 0 spiro atoms. The van der Waals surface area contributed by atoms with E-state index in [4.69, 9.17) is 33.1 Å². The van der Waals surface area contributed by atoms with Crippen molar-refractivity contribution in [2.45, 2.75) is 31.6 Å². The van der Waals surface area contributed by atoms with E-state index in [9.17, 15) is 18.3 Å². The van der Waals surface area contributed by atoms with Crippen LogP contribution in [0.5, 0.6) is 0 Å². The normalized spacial score (nSPS) is 23.6. The number of aliphatic hydroxyl groups excluding tert-OH is 1. The molecule has 1 aromatic heterocycles. The maximum atomic E-state index is 13.3. The molecule has 0 saturated carbocycles. The van der Waals surface area contributed by atoms with Crippen LogP contribution in [0.15, 0.2) is 35.8 Å². The van der Waals surface area contributed by atoms with E-state index >= 15 is 0 Å². The quantitative estimate of drug-likeness (QED) is 0.194. The number of pyridine rings is 1. The number of alkyl halides is 1. The highest BCUT2D eigenvalue weighted by Gasteiger charge is 2.47. The number of unbranched alkanes of at least 4 members (excludes halogenated alkanes) is 1. The number of aromatic nitrogens is 1. The second-order valence-corrected chi connectivity index (χ2v) is 9.05. The molecule has 2 aliphatic heterocycles. The van der Waals surface area contributed by atoms with Crippen LogP contribution < -0.4 is 4.90 Å². The Bertz CT molecular complexity index is 956. The summed E-state index contributed by atoms with van der Waals surface area (Å²) in [6, 6.07) is 5.03. The lowest BCUT2D eigenvalue weighted by atomic mass is 10.2. The second kappa shape index (κ2) is 9.12. The number of aliphatic hydroxyl groups is 1. The Morgan fingerprint density at radius 2 is 2.13 bits per heavy atom. The number of carbonyl (C=O) groups excluding carboxylic acids is 1. The number of ether oxygens (including phenoxy) is 1. The monoisotopic (exact) mass is 476 g/mol. The molecule has 2 saturated heterocycles. The first-order valence-electron chi connectivity index (χ1n) is 9.08. The molecule has 3 rings (SSSR count). The first kappa shape index (κ1) is 22.8. The summed E-state index contributed by atoms with van der Waals surface area (Å²) >= 11 is 11.8. The number of hydrogen-bond acceptors (Lipinski definition) is 8. The molecular formula is C17H21ClN4O6S2. The molecule has 2 fully saturated rings. The number of carbonyl (C=O) groups is 1. The van der Waals surface area contributed by atoms with Crippen LogP contribution in [0.25, 0.3) is 0 Å². The number of halogens is 1. The third-order valence-corrected chi connectivity index (χ3v) is 6.07. The van der Waals surface area contributed by atoms with Gasteiger partial charge in [0.25, 0.3) is 16.0 Å². The second-order valence-electron chi connectivity index (χ2n) is 6.72. The molecule has 1 aromatic rings. The number of nitrogens with zero attached hydrogens (tertiary/aromatic N) is 4. The summed E-state index contributed by atoms with van der Waals surface area (Å²) in [5.74, 6) is -0.569.